The lowest BCUT2D eigenvalue weighted by Crippen LogP contribution is -2.48. The summed E-state index contributed by atoms with van der Waals surface area (Å²) in [4.78, 5) is 13.9. The average Bonchev–Trinajstić information content (AvgIpc) is 2.54. The zero-order chi connectivity index (χ0) is 16.7. The molecule has 1 fully saturated rings. The minimum Gasteiger partial charge on any atom is -0.324 e. The highest BCUT2D eigenvalue weighted by atomic mass is 32.2. The first-order valence-corrected chi connectivity index (χ1v) is 9.76. The Balaban J connectivity index is 1.78. The number of anilines is 1. The summed E-state index contributed by atoms with van der Waals surface area (Å²) in [6.07, 6.45) is 2.83. The highest BCUT2D eigenvalue weighted by Gasteiger charge is 2.25. The maximum Gasteiger partial charge on any atom is 0.321 e. The molecule has 2 N–H and O–H groups in total. The number of hydrogen-bond donors (Lipinski definition) is 2. The molecule has 128 valence electrons. The third-order valence-electron chi connectivity index (χ3n) is 3.92. The van der Waals surface area contributed by atoms with Crippen molar-refractivity contribution in [3.63, 3.8) is 0 Å². The van der Waals surface area contributed by atoms with Crippen LogP contribution in [0.15, 0.2) is 30.3 Å². The van der Waals surface area contributed by atoms with Gasteiger partial charge in [0.15, 0.2) is 0 Å². The third kappa shape index (κ3) is 5.84. The van der Waals surface area contributed by atoms with Crippen LogP contribution in [0.3, 0.4) is 0 Å². The fourth-order valence-corrected chi connectivity index (χ4v) is 4.10. The molecule has 23 heavy (non-hydrogen) atoms. The molecule has 1 aromatic rings. The van der Waals surface area contributed by atoms with E-state index in [1.54, 1.807) is 4.90 Å². The number of para-hydroxylation sites is 1. The maximum absolute atomic E-state index is 12.2. The molecule has 0 spiro atoms. The van der Waals surface area contributed by atoms with Gasteiger partial charge in [-0.05, 0) is 31.4 Å². The summed E-state index contributed by atoms with van der Waals surface area (Å²) in [5, 5.41) is 2.85. The van der Waals surface area contributed by atoms with E-state index in [0.717, 1.165) is 12.1 Å². The van der Waals surface area contributed by atoms with Gasteiger partial charge in [0.05, 0.1) is 5.75 Å². The van der Waals surface area contributed by atoms with Crippen LogP contribution in [0, 0.1) is 0 Å². The second kappa shape index (κ2) is 8.31. The Morgan fingerprint density at radius 1 is 1.22 bits per heavy atom. The molecule has 1 saturated heterocycles. The van der Waals surface area contributed by atoms with Gasteiger partial charge in [-0.1, -0.05) is 31.5 Å². The molecule has 0 atom stereocenters. The molecule has 6 nitrogen and oxygen atoms in total. The number of hydrogen-bond acceptors (Lipinski definition) is 3. The largest absolute Gasteiger partial charge is 0.324 e. The second-order valence-electron chi connectivity index (χ2n) is 5.85. The molecular formula is C16H25N3O3S. The minimum absolute atomic E-state index is 0.0716. The number of nitrogens with one attached hydrogen (secondary N) is 2. The van der Waals surface area contributed by atoms with E-state index < -0.39 is 10.0 Å². The first kappa shape index (κ1) is 17.7. The highest BCUT2D eigenvalue weighted by molar-refractivity contribution is 7.89. The first-order valence-electron chi connectivity index (χ1n) is 8.11. The monoisotopic (exact) mass is 339 g/mol. The number of piperidine rings is 1. The van der Waals surface area contributed by atoms with E-state index in [2.05, 4.69) is 10.0 Å². The lowest BCUT2D eigenvalue weighted by molar-refractivity contribution is 0.193. The fourth-order valence-electron chi connectivity index (χ4n) is 2.57. The van der Waals surface area contributed by atoms with Gasteiger partial charge in [0, 0.05) is 24.8 Å². The molecule has 7 heteroatoms. The Hall–Kier alpha value is -1.60. The van der Waals surface area contributed by atoms with Crippen LogP contribution >= 0.6 is 0 Å². The van der Waals surface area contributed by atoms with Crippen LogP contribution in [0.4, 0.5) is 10.5 Å². The van der Waals surface area contributed by atoms with Crippen molar-refractivity contribution < 1.29 is 13.2 Å². The molecule has 0 unspecified atom stereocenters. The smallest absolute Gasteiger partial charge is 0.321 e. The summed E-state index contributed by atoms with van der Waals surface area (Å²) >= 11 is 0. The average molecular weight is 339 g/mol. The summed E-state index contributed by atoms with van der Waals surface area (Å²) in [5.41, 5.74) is 0.764. The molecule has 2 rings (SSSR count). The van der Waals surface area contributed by atoms with Crippen LogP contribution in [0.25, 0.3) is 0 Å². The van der Waals surface area contributed by atoms with E-state index in [4.69, 9.17) is 0 Å². The Kier molecular flexibility index (Phi) is 6.41. The first-order chi connectivity index (χ1) is 11.0. The van der Waals surface area contributed by atoms with E-state index >= 15 is 0 Å². The lowest BCUT2D eigenvalue weighted by Gasteiger charge is -2.32. The quantitative estimate of drug-likeness (QED) is 0.835. The predicted molar refractivity (Wildman–Crippen MR) is 91.9 cm³/mol. The highest BCUT2D eigenvalue weighted by Crippen LogP contribution is 2.14. The van der Waals surface area contributed by atoms with Crippen molar-refractivity contribution >= 4 is 21.7 Å². The topological polar surface area (TPSA) is 78.5 Å². The normalized spacial score (nSPS) is 16.3. The zero-order valence-electron chi connectivity index (χ0n) is 13.5. The van der Waals surface area contributed by atoms with Crippen molar-refractivity contribution in [1.29, 1.82) is 0 Å². The van der Waals surface area contributed by atoms with Gasteiger partial charge in [0.25, 0.3) is 0 Å². The van der Waals surface area contributed by atoms with E-state index in [1.165, 1.54) is 0 Å². The van der Waals surface area contributed by atoms with E-state index in [1.807, 2.05) is 37.3 Å². The van der Waals surface area contributed by atoms with Crippen LogP contribution in [0.5, 0.6) is 0 Å². The molecule has 1 aliphatic rings. The second-order valence-corrected chi connectivity index (χ2v) is 7.72. The van der Waals surface area contributed by atoms with Gasteiger partial charge in [0.2, 0.25) is 10.0 Å². The number of sulfonamides is 1. The van der Waals surface area contributed by atoms with Gasteiger partial charge in [-0.25, -0.2) is 17.9 Å². The van der Waals surface area contributed by atoms with Gasteiger partial charge in [-0.15, -0.1) is 0 Å². The molecule has 0 aromatic heterocycles. The Bertz CT molecular complexity index is 596. The summed E-state index contributed by atoms with van der Waals surface area (Å²) < 4.78 is 26.6. The Morgan fingerprint density at radius 2 is 1.87 bits per heavy atom. The number of urea groups is 1. The van der Waals surface area contributed by atoms with Crippen LogP contribution in [0.2, 0.25) is 0 Å². The molecule has 0 aliphatic carbocycles. The Labute approximate surface area is 138 Å². The fraction of sp³-hybridized carbons (Fsp3) is 0.562. The maximum atomic E-state index is 12.2. The van der Waals surface area contributed by atoms with Gasteiger partial charge in [-0.3, -0.25) is 0 Å². The van der Waals surface area contributed by atoms with Gasteiger partial charge in [-0.2, -0.15) is 0 Å². The number of amides is 2. The van der Waals surface area contributed by atoms with E-state index in [9.17, 15) is 13.2 Å². The van der Waals surface area contributed by atoms with Crippen LogP contribution in [0.1, 0.15) is 32.6 Å². The van der Waals surface area contributed by atoms with Crippen molar-refractivity contribution in [2.75, 3.05) is 24.2 Å². The van der Waals surface area contributed by atoms with E-state index in [-0.39, 0.29) is 17.8 Å². The molecular weight excluding hydrogens is 314 g/mol. The summed E-state index contributed by atoms with van der Waals surface area (Å²) in [6, 6.07) is 9.10. The minimum atomic E-state index is -3.20. The van der Waals surface area contributed by atoms with Crippen molar-refractivity contribution in [3.05, 3.63) is 30.3 Å². The molecule has 0 saturated carbocycles. The van der Waals surface area contributed by atoms with Crippen LogP contribution in [-0.2, 0) is 10.0 Å². The molecule has 0 bridgehead atoms. The number of carbonyl (C=O) groups excluding carboxylic acids is 1. The van der Waals surface area contributed by atoms with Crippen molar-refractivity contribution in [2.45, 2.75) is 38.6 Å². The standard InChI is InChI=1S/C16H25N3O3S/c1-2-3-13-23(21,22)18-15-9-11-19(12-10-15)16(20)17-14-7-5-4-6-8-14/h4-8,15,18H,2-3,9-13H2,1H3,(H,17,20). The van der Waals surface area contributed by atoms with Crippen LogP contribution < -0.4 is 10.0 Å². The van der Waals surface area contributed by atoms with Gasteiger partial charge >= 0.3 is 6.03 Å². The SMILES string of the molecule is CCCCS(=O)(=O)NC1CCN(C(=O)Nc2ccccc2)CC1. The van der Waals surface area contributed by atoms with Crippen molar-refractivity contribution in [2.24, 2.45) is 0 Å². The summed E-state index contributed by atoms with van der Waals surface area (Å²) in [6.45, 7) is 3.08. The Morgan fingerprint density at radius 3 is 2.48 bits per heavy atom. The van der Waals surface area contributed by atoms with Crippen LogP contribution in [-0.4, -0.2) is 44.2 Å². The van der Waals surface area contributed by atoms with Crippen molar-refractivity contribution in [1.82, 2.24) is 9.62 Å². The number of carbonyl (C=O) groups is 1. The molecule has 1 heterocycles. The molecule has 1 aromatic carbocycles. The molecule has 0 radical (unpaired) electrons. The summed E-state index contributed by atoms with van der Waals surface area (Å²) in [7, 11) is -3.20. The number of rotatable bonds is 6. The van der Waals surface area contributed by atoms with Crippen molar-refractivity contribution in [3.8, 4) is 0 Å². The molecule has 1 aliphatic heterocycles. The summed E-state index contributed by atoms with van der Waals surface area (Å²) in [5.74, 6) is 0.179. The van der Waals surface area contributed by atoms with Gasteiger partial charge in [0.1, 0.15) is 0 Å². The number of likely N-dealkylation sites (tertiary alicyclic amines) is 1. The molecule has 2 amide bonds. The lowest BCUT2D eigenvalue weighted by atomic mass is 10.1. The van der Waals surface area contributed by atoms with Gasteiger partial charge < -0.3 is 10.2 Å². The van der Waals surface area contributed by atoms with E-state index in [0.29, 0.717) is 32.4 Å². The number of nitrogens with zero attached hydrogens (tertiary/aromatic N) is 1. The predicted octanol–water partition coefficient (Wildman–Crippen LogP) is 2.40. The zero-order valence-corrected chi connectivity index (χ0v) is 14.3. The number of benzene rings is 1. The third-order valence-corrected chi connectivity index (χ3v) is 5.44. The number of unbranched alkanes of at least 4 members (excludes halogenated alkanes) is 1.